The molecule has 0 N–H and O–H groups in total. The summed E-state index contributed by atoms with van der Waals surface area (Å²) in [6.45, 7) is 1.61. The standard InChI is InChI=1S/C19H20O4S/c1-12(18(20)13-7-9-15(22-2)10-8-13)23-19(21)17-11-14-5-3-4-6-16(14)24-17/h7-12H,3-6H2,1-2H3/t12-/m0/s1. The van der Waals surface area contributed by atoms with Crippen molar-refractivity contribution in [2.75, 3.05) is 7.11 Å². The van der Waals surface area contributed by atoms with Crippen molar-refractivity contribution in [3.8, 4) is 5.75 Å². The summed E-state index contributed by atoms with van der Waals surface area (Å²) in [7, 11) is 1.57. The zero-order valence-corrected chi connectivity index (χ0v) is 14.7. The third-order valence-electron chi connectivity index (χ3n) is 4.23. The van der Waals surface area contributed by atoms with Crippen LogP contribution in [-0.4, -0.2) is 25.0 Å². The highest BCUT2D eigenvalue weighted by Crippen LogP contribution is 2.30. The molecular formula is C19H20O4S. The molecule has 24 heavy (non-hydrogen) atoms. The van der Waals surface area contributed by atoms with E-state index in [1.165, 1.54) is 34.6 Å². The summed E-state index contributed by atoms with van der Waals surface area (Å²) in [5.41, 5.74) is 1.76. The molecule has 0 bridgehead atoms. The van der Waals surface area contributed by atoms with Crippen LogP contribution in [-0.2, 0) is 17.6 Å². The molecule has 3 rings (SSSR count). The normalized spacial score (nSPS) is 14.6. The summed E-state index contributed by atoms with van der Waals surface area (Å²) >= 11 is 1.50. The number of Topliss-reactive ketones (excluding diaryl/α,β-unsaturated/α-hetero) is 1. The fraction of sp³-hybridized carbons (Fsp3) is 0.368. The average molecular weight is 344 g/mol. The van der Waals surface area contributed by atoms with Gasteiger partial charge in [-0.15, -0.1) is 11.3 Å². The molecular weight excluding hydrogens is 324 g/mol. The molecule has 2 aromatic rings. The molecule has 1 aromatic heterocycles. The number of ether oxygens (including phenoxy) is 2. The molecule has 0 fully saturated rings. The number of aryl methyl sites for hydroxylation is 2. The van der Waals surface area contributed by atoms with E-state index in [0.29, 0.717) is 16.2 Å². The summed E-state index contributed by atoms with van der Waals surface area (Å²) in [4.78, 5) is 26.6. The second-order valence-corrected chi connectivity index (χ2v) is 7.04. The van der Waals surface area contributed by atoms with Gasteiger partial charge in [0.25, 0.3) is 0 Å². The average Bonchev–Trinajstić information content (AvgIpc) is 3.05. The zero-order chi connectivity index (χ0) is 17.1. The Hall–Kier alpha value is -2.14. The van der Waals surface area contributed by atoms with Crippen LogP contribution in [0.15, 0.2) is 30.3 Å². The maximum atomic E-state index is 12.4. The molecule has 1 aliphatic rings. The number of carbonyl (C=O) groups excluding carboxylic acids is 2. The molecule has 0 saturated heterocycles. The number of hydrogen-bond acceptors (Lipinski definition) is 5. The Bertz CT molecular complexity index is 722. The van der Waals surface area contributed by atoms with E-state index in [1.807, 2.05) is 6.07 Å². The first-order chi connectivity index (χ1) is 11.6. The third-order valence-corrected chi connectivity index (χ3v) is 5.44. The lowest BCUT2D eigenvalue weighted by molar-refractivity contribution is 0.0323. The number of esters is 1. The molecule has 0 amide bonds. The lowest BCUT2D eigenvalue weighted by Crippen LogP contribution is -2.24. The Labute approximate surface area is 145 Å². The van der Waals surface area contributed by atoms with Crippen LogP contribution in [0.25, 0.3) is 0 Å². The molecule has 1 heterocycles. The van der Waals surface area contributed by atoms with Crippen LogP contribution in [0.1, 0.15) is 50.2 Å². The molecule has 0 aliphatic heterocycles. The predicted octanol–water partition coefficient (Wildman–Crippen LogP) is 4.06. The number of methoxy groups -OCH3 is 1. The Morgan fingerprint density at radius 3 is 2.50 bits per heavy atom. The first-order valence-electron chi connectivity index (χ1n) is 8.09. The van der Waals surface area contributed by atoms with E-state index in [4.69, 9.17) is 9.47 Å². The summed E-state index contributed by atoms with van der Waals surface area (Å²) in [6, 6.07) is 8.71. The highest BCUT2D eigenvalue weighted by molar-refractivity contribution is 7.14. The fourth-order valence-electron chi connectivity index (χ4n) is 2.85. The van der Waals surface area contributed by atoms with E-state index in [2.05, 4.69) is 0 Å². The lowest BCUT2D eigenvalue weighted by atomic mass is 9.99. The summed E-state index contributed by atoms with van der Waals surface area (Å²) in [5, 5.41) is 0. The Balaban J connectivity index is 1.66. The van der Waals surface area contributed by atoms with Gasteiger partial charge in [0, 0.05) is 10.4 Å². The van der Waals surface area contributed by atoms with Gasteiger partial charge in [0.2, 0.25) is 5.78 Å². The van der Waals surface area contributed by atoms with Gasteiger partial charge in [-0.25, -0.2) is 4.79 Å². The van der Waals surface area contributed by atoms with E-state index in [0.717, 1.165) is 12.8 Å². The quantitative estimate of drug-likeness (QED) is 0.606. The van der Waals surface area contributed by atoms with Crippen molar-refractivity contribution in [2.45, 2.75) is 38.7 Å². The van der Waals surface area contributed by atoms with Crippen molar-refractivity contribution in [3.05, 3.63) is 51.2 Å². The van der Waals surface area contributed by atoms with Gasteiger partial charge in [-0.1, -0.05) is 0 Å². The van der Waals surface area contributed by atoms with Crippen LogP contribution < -0.4 is 4.74 Å². The van der Waals surface area contributed by atoms with E-state index < -0.39 is 12.1 Å². The predicted molar refractivity (Wildman–Crippen MR) is 93.2 cm³/mol. The molecule has 0 spiro atoms. The van der Waals surface area contributed by atoms with Crippen LogP contribution in [0.2, 0.25) is 0 Å². The first-order valence-corrected chi connectivity index (χ1v) is 8.91. The smallest absolute Gasteiger partial charge is 0.349 e. The number of thiophene rings is 1. The highest BCUT2D eigenvalue weighted by atomic mass is 32.1. The van der Waals surface area contributed by atoms with Crippen LogP contribution in [0.3, 0.4) is 0 Å². The van der Waals surface area contributed by atoms with Crippen molar-refractivity contribution in [3.63, 3.8) is 0 Å². The van der Waals surface area contributed by atoms with Gasteiger partial charge in [-0.05, 0) is 68.5 Å². The van der Waals surface area contributed by atoms with Crippen LogP contribution in [0, 0.1) is 0 Å². The monoisotopic (exact) mass is 344 g/mol. The lowest BCUT2D eigenvalue weighted by Gasteiger charge is -2.12. The molecule has 1 atom stereocenters. The maximum absolute atomic E-state index is 12.4. The molecule has 1 aromatic carbocycles. The van der Waals surface area contributed by atoms with Crippen molar-refractivity contribution in [1.29, 1.82) is 0 Å². The summed E-state index contributed by atoms with van der Waals surface area (Å²) in [6.07, 6.45) is 3.59. The number of ketones is 1. The van der Waals surface area contributed by atoms with Gasteiger partial charge in [0.05, 0.1) is 7.11 Å². The fourth-order valence-corrected chi connectivity index (χ4v) is 3.99. The molecule has 4 nitrogen and oxygen atoms in total. The van der Waals surface area contributed by atoms with E-state index in [1.54, 1.807) is 38.3 Å². The van der Waals surface area contributed by atoms with E-state index in [-0.39, 0.29) is 5.78 Å². The van der Waals surface area contributed by atoms with Crippen molar-refractivity contribution >= 4 is 23.1 Å². The van der Waals surface area contributed by atoms with E-state index >= 15 is 0 Å². The number of rotatable bonds is 5. The van der Waals surface area contributed by atoms with Crippen molar-refractivity contribution in [2.24, 2.45) is 0 Å². The first kappa shape index (κ1) is 16.7. The van der Waals surface area contributed by atoms with Gasteiger partial charge in [-0.3, -0.25) is 4.79 Å². The summed E-state index contributed by atoms with van der Waals surface area (Å²) in [5.74, 6) is 0.0523. The number of hydrogen-bond donors (Lipinski definition) is 0. The topological polar surface area (TPSA) is 52.6 Å². The van der Waals surface area contributed by atoms with E-state index in [9.17, 15) is 9.59 Å². The van der Waals surface area contributed by atoms with Gasteiger partial charge in [-0.2, -0.15) is 0 Å². The number of benzene rings is 1. The molecule has 1 aliphatic carbocycles. The van der Waals surface area contributed by atoms with Crippen LogP contribution in [0.5, 0.6) is 5.75 Å². The molecule has 0 saturated carbocycles. The van der Waals surface area contributed by atoms with Crippen molar-refractivity contribution in [1.82, 2.24) is 0 Å². The Morgan fingerprint density at radius 1 is 1.12 bits per heavy atom. The van der Waals surface area contributed by atoms with Crippen LogP contribution in [0.4, 0.5) is 0 Å². The van der Waals surface area contributed by atoms with Gasteiger partial charge >= 0.3 is 5.97 Å². The van der Waals surface area contributed by atoms with Crippen LogP contribution >= 0.6 is 11.3 Å². The largest absolute Gasteiger partial charge is 0.497 e. The molecule has 0 unspecified atom stereocenters. The number of carbonyl (C=O) groups is 2. The minimum atomic E-state index is -0.815. The second kappa shape index (κ2) is 7.18. The maximum Gasteiger partial charge on any atom is 0.349 e. The SMILES string of the molecule is COc1ccc(C(=O)[C@H](C)OC(=O)c2cc3c(s2)CCCC3)cc1. The second-order valence-electron chi connectivity index (χ2n) is 5.91. The Morgan fingerprint density at radius 2 is 1.83 bits per heavy atom. The van der Waals surface area contributed by atoms with Gasteiger partial charge in [0.1, 0.15) is 10.6 Å². The molecule has 126 valence electrons. The minimum absolute atomic E-state index is 0.215. The van der Waals surface area contributed by atoms with Gasteiger partial charge < -0.3 is 9.47 Å². The highest BCUT2D eigenvalue weighted by Gasteiger charge is 2.23. The van der Waals surface area contributed by atoms with Gasteiger partial charge in [0.15, 0.2) is 6.10 Å². The third kappa shape index (κ3) is 3.51. The Kier molecular flexibility index (Phi) is 5.00. The molecule has 5 heteroatoms. The van der Waals surface area contributed by atoms with Crippen molar-refractivity contribution < 1.29 is 19.1 Å². The number of fused-ring (bicyclic) bond motifs is 1. The minimum Gasteiger partial charge on any atom is -0.497 e. The molecule has 0 radical (unpaired) electrons. The zero-order valence-electron chi connectivity index (χ0n) is 13.8. The summed E-state index contributed by atoms with van der Waals surface area (Å²) < 4.78 is 10.5.